The summed E-state index contributed by atoms with van der Waals surface area (Å²) in [4.78, 5) is 16.3. The Balaban J connectivity index is 1.69. The van der Waals surface area contributed by atoms with E-state index in [4.69, 9.17) is 9.47 Å². The molecule has 1 saturated heterocycles. The van der Waals surface area contributed by atoms with E-state index in [1.165, 1.54) is 25.3 Å². The second-order valence-corrected chi connectivity index (χ2v) is 7.18. The smallest absolute Gasteiger partial charge is 0.484 e. The molecule has 4 rings (SSSR count). The number of nitrogens with one attached hydrogen (secondary N) is 1. The molecule has 1 aromatic heterocycles. The molecule has 1 spiro atoms. The lowest BCUT2D eigenvalue weighted by molar-refractivity contribution is -0.274. The lowest BCUT2D eigenvalue weighted by Crippen LogP contribution is -2.42. The van der Waals surface area contributed by atoms with Crippen LogP contribution < -0.4 is 14.8 Å². The highest BCUT2D eigenvalue weighted by Gasteiger charge is 2.46. The minimum absolute atomic E-state index is 0.290. The molecule has 0 saturated carbocycles. The Hall–Kier alpha value is -2.55. The van der Waals surface area contributed by atoms with Gasteiger partial charge in [-0.1, -0.05) is 0 Å². The first-order chi connectivity index (χ1) is 13.2. The molecule has 1 unspecified atom stereocenters. The van der Waals surface area contributed by atoms with Crippen LogP contribution in [-0.2, 0) is 16.0 Å². The number of aromatic nitrogens is 1. The third kappa shape index (κ3) is 3.34. The van der Waals surface area contributed by atoms with Crippen molar-refractivity contribution in [2.75, 3.05) is 13.7 Å². The van der Waals surface area contributed by atoms with Crippen LogP contribution in [0.1, 0.15) is 24.1 Å². The molecule has 150 valence electrons. The van der Waals surface area contributed by atoms with Gasteiger partial charge in [-0.05, 0) is 38.0 Å². The summed E-state index contributed by atoms with van der Waals surface area (Å²) in [6, 6.07) is 3.67. The molecule has 6 nitrogen and oxygen atoms in total. The monoisotopic (exact) mass is 396 g/mol. The molecule has 0 amide bonds. The zero-order valence-corrected chi connectivity index (χ0v) is 15.4. The maximum absolute atomic E-state index is 12.6. The van der Waals surface area contributed by atoms with E-state index in [-0.39, 0.29) is 11.7 Å². The van der Waals surface area contributed by atoms with Gasteiger partial charge in [-0.25, -0.2) is 4.98 Å². The summed E-state index contributed by atoms with van der Waals surface area (Å²) in [6.07, 6.45) is -3.07. The van der Waals surface area contributed by atoms with Gasteiger partial charge in [0.25, 0.3) is 0 Å². The minimum atomic E-state index is -4.76. The Morgan fingerprint density at radius 1 is 1.39 bits per heavy atom. The van der Waals surface area contributed by atoms with Gasteiger partial charge < -0.3 is 19.5 Å². The number of halogens is 3. The zero-order chi connectivity index (χ0) is 20.1. The van der Waals surface area contributed by atoms with Gasteiger partial charge in [-0.2, -0.15) is 0 Å². The largest absolute Gasteiger partial charge is 0.573 e. The predicted molar refractivity (Wildman–Crippen MR) is 93.3 cm³/mol. The van der Waals surface area contributed by atoms with Crippen LogP contribution in [0.2, 0.25) is 0 Å². The van der Waals surface area contributed by atoms with Crippen LogP contribution in [0.25, 0.3) is 10.9 Å². The SMILES string of the molecule is COC(=O)[C@@H]1CC2(CCc3c(c(C)nc4ccc(OC(F)(F)F)cc34)O2)CN1. The lowest BCUT2D eigenvalue weighted by atomic mass is 9.87. The normalized spacial score (nSPS) is 24.1. The van der Waals surface area contributed by atoms with Crippen molar-refractivity contribution in [1.82, 2.24) is 10.3 Å². The summed E-state index contributed by atoms with van der Waals surface area (Å²) in [5, 5.41) is 3.70. The number of benzene rings is 1. The lowest BCUT2D eigenvalue weighted by Gasteiger charge is -2.36. The molecule has 2 aliphatic heterocycles. The van der Waals surface area contributed by atoms with Crippen LogP contribution >= 0.6 is 0 Å². The molecule has 1 fully saturated rings. The van der Waals surface area contributed by atoms with Gasteiger partial charge in [0.15, 0.2) is 0 Å². The fraction of sp³-hybridized carbons (Fsp3) is 0.474. The van der Waals surface area contributed by atoms with E-state index in [0.29, 0.717) is 48.2 Å². The van der Waals surface area contributed by atoms with Gasteiger partial charge in [-0.3, -0.25) is 4.79 Å². The number of hydrogen-bond acceptors (Lipinski definition) is 6. The predicted octanol–water partition coefficient (Wildman–Crippen LogP) is 3.04. The highest BCUT2D eigenvalue weighted by atomic mass is 19.4. The van der Waals surface area contributed by atoms with E-state index in [2.05, 4.69) is 15.0 Å². The molecule has 0 radical (unpaired) electrons. The number of esters is 1. The molecule has 1 N–H and O–H groups in total. The summed E-state index contributed by atoms with van der Waals surface area (Å²) in [5.74, 6) is -0.0646. The average Bonchev–Trinajstić information content (AvgIpc) is 3.04. The number of fused-ring (bicyclic) bond motifs is 3. The standard InChI is InChI=1S/C19H19F3N2O4/c1-10-16-12(5-6-18(28-16)8-15(23-9-18)17(25)26-2)13-7-11(27-19(20,21)22)3-4-14(13)24-10/h3-4,7,15,23H,5-6,8-9H2,1-2H3/t15-,18?/m0/s1. The number of rotatable bonds is 2. The van der Waals surface area contributed by atoms with Gasteiger partial charge in [0.2, 0.25) is 0 Å². The maximum Gasteiger partial charge on any atom is 0.573 e. The molecule has 2 aromatic rings. The highest BCUT2D eigenvalue weighted by Crippen LogP contribution is 2.43. The first-order valence-corrected chi connectivity index (χ1v) is 8.89. The van der Waals surface area contributed by atoms with E-state index in [1.807, 2.05) is 0 Å². The Kier molecular flexibility index (Phi) is 4.37. The van der Waals surface area contributed by atoms with E-state index in [0.717, 1.165) is 5.56 Å². The summed E-state index contributed by atoms with van der Waals surface area (Å²) in [5.41, 5.74) is 1.49. The molecular weight excluding hydrogens is 377 g/mol. The summed E-state index contributed by atoms with van der Waals surface area (Å²) in [7, 11) is 1.34. The van der Waals surface area contributed by atoms with Crippen molar-refractivity contribution in [1.29, 1.82) is 0 Å². The van der Waals surface area contributed by atoms with Gasteiger partial charge in [0, 0.05) is 23.9 Å². The fourth-order valence-corrected chi connectivity index (χ4v) is 4.03. The zero-order valence-electron chi connectivity index (χ0n) is 15.4. The van der Waals surface area contributed by atoms with Crippen LogP contribution in [0.15, 0.2) is 18.2 Å². The number of nitrogens with zero attached hydrogens (tertiary/aromatic N) is 1. The van der Waals surface area contributed by atoms with Crippen molar-refractivity contribution in [3.05, 3.63) is 29.5 Å². The molecular formula is C19H19F3N2O4. The topological polar surface area (TPSA) is 69.7 Å². The average molecular weight is 396 g/mol. The number of ether oxygens (including phenoxy) is 3. The molecule has 28 heavy (non-hydrogen) atoms. The number of carbonyl (C=O) groups is 1. The van der Waals surface area contributed by atoms with Crippen LogP contribution in [0.4, 0.5) is 13.2 Å². The second-order valence-electron chi connectivity index (χ2n) is 7.18. The third-order valence-corrected chi connectivity index (χ3v) is 5.30. The number of carbonyl (C=O) groups excluding carboxylic acids is 1. The van der Waals surface area contributed by atoms with E-state index >= 15 is 0 Å². The van der Waals surface area contributed by atoms with Crippen LogP contribution in [-0.4, -0.2) is 42.6 Å². The molecule has 9 heteroatoms. The van der Waals surface area contributed by atoms with Crippen molar-refractivity contribution in [3.63, 3.8) is 0 Å². The van der Waals surface area contributed by atoms with Crippen molar-refractivity contribution < 1.29 is 32.2 Å². The van der Waals surface area contributed by atoms with Crippen molar-refractivity contribution in [2.45, 2.75) is 44.2 Å². The van der Waals surface area contributed by atoms with Crippen molar-refractivity contribution >= 4 is 16.9 Å². The van der Waals surface area contributed by atoms with E-state index in [1.54, 1.807) is 6.92 Å². The highest BCUT2D eigenvalue weighted by molar-refractivity contribution is 5.86. The quantitative estimate of drug-likeness (QED) is 0.787. The minimum Gasteiger partial charge on any atom is -0.484 e. The first kappa shape index (κ1) is 18.8. The Bertz CT molecular complexity index is 947. The summed E-state index contributed by atoms with van der Waals surface area (Å²) in [6.45, 7) is 2.29. The number of methoxy groups -OCH3 is 1. The van der Waals surface area contributed by atoms with Crippen molar-refractivity contribution in [2.24, 2.45) is 0 Å². The number of aryl methyl sites for hydroxylation is 2. The first-order valence-electron chi connectivity index (χ1n) is 8.89. The van der Waals surface area contributed by atoms with Crippen molar-refractivity contribution in [3.8, 4) is 11.5 Å². The van der Waals surface area contributed by atoms with E-state index in [9.17, 15) is 18.0 Å². The number of hydrogen-bond donors (Lipinski definition) is 1. The van der Waals surface area contributed by atoms with Crippen LogP contribution in [0, 0.1) is 6.92 Å². The van der Waals surface area contributed by atoms with Gasteiger partial charge in [0.05, 0.1) is 18.3 Å². The molecule has 2 atom stereocenters. The summed E-state index contributed by atoms with van der Waals surface area (Å²) < 4.78 is 52.8. The molecule has 0 bridgehead atoms. The van der Waals surface area contributed by atoms with Gasteiger partial charge >= 0.3 is 12.3 Å². The number of pyridine rings is 1. The molecule has 3 heterocycles. The van der Waals surface area contributed by atoms with Crippen LogP contribution in [0.5, 0.6) is 11.5 Å². The third-order valence-electron chi connectivity index (χ3n) is 5.30. The summed E-state index contributed by atoms with van der Waals surface area (Å²) >= 11 is 0. The van der Waals surface area contributed by atoms with Gasteiger partial charge in [0.1, 0.15) is 23.1 Å². The molecule has 2 aliphatic rings. The fourth-order valence-electron chi connectivity index (χ4n) is 4.03. The van der Waals surface area contributed by atoms with Crippen LogP contribution in [0.3, 0.4) is 0 Å². The Morgan fingerprint density at radius 2 is 2.18 bits per heavy atom. The maximum atomic E-state index is 12.6. The Labute approximate surface area is 159 Å². The van der Waals surface area contributed by atoms with E-state index < -0.39 is 18.0 Å². The number of alkyl halides is 3. The molecule has 1 aromatic carbocycles. The van der Waals surface area contributed by atoms with Gasteiger partial charge in [-0.15, -0.1) is 13.2 Å². The Morgan fingerprint density at radius 3 is 2.89 bits per heavy atom. The molecule has 0 aliphatic carbocycles. The second kappa shape index (κ2) is 6.51.